The number of aliphatic hydroxyl groups excluding tert-OH is 1. The van der Waals surface area contributed by atoms with Crippen LogP contribution in [0.4, 0.5) is 5.69 Å². The van der Waals surface area contributed by atoms with E-state index in [1.807, 2.05) is 6.92 Å². The van der Waals surface area contributed by atoms with Gasteiger partial charge in [-0.25, -0.2) is 0 Å². The number of hydrogen-bond donors (Lipinski definition) is 2. The molecule has 0 radical (unpaired) electrons. The number of aromatic nitrogens is 1. The fraction of sp³-hybridized carbons (Fsp3) is 0.455. The lowest BCUT2D eigenvalue weighted by molar-refractivity contribution is -0.126. The minimum atomic E-state index is -0.880. The Balaban J connectivity index is 2.62. The van der Waals surface area contributed by atoms with Crippen LogP contribution in [0, 0.1) is 0 Å². The van der Waals surface area contributed by atoms with Crippen LogP contribution in [0.3, 0.4) is 0 Å². The van der Waals surface area contributed by atoms with E-state index in [0.29, 0.717) is 17.7 Å². The molecule has 1 heterocycles. The van der Waals surface area contributed by atoms with Gasteiger partial charge in [0.15, 0.2) is 5.78 Å². The number of nitrogen functional groups attached to an aromatic ring is 1. The molecule has 0 aliphatic rings. The zero-order valence-electron chi connectivity index (χ0n) is 8.81. The summed E-state index contributed by atoms with van der Waals surface area (Å²) in [5.41, 5.74) is 6.89. The van der Waals surface area contributed by atoms with Crippen LogP contribution in [0.5, 0.6) is 0 Å². The molecule has 0 amide bonds. The van der Waals surface area contributed by atoms with E-state index in [-0.39, 0.29) is 12.2 Å². The van der Waals surface area contributed by atoms with Gasteiger partial charge in [-0.1, -0.05) is 13.3 Å². The molecule has 3 N–H and O–H groups in total. The second-order valence-electron chi connectivity index (χ2n) is 3.52. The smallest absolute Gasteiger partial charge is 0.165 e. The molecule has 0 saturated heterocycles. The van der Waals surface area contributed by atoms with Gasteiger partial charge in [0, 0.05) is 30.1 Å². The van der Waals surface area contributed by atoms with Gasteiger partial charge in [0.2, 0.25) is 0 Å². The van der Waals surface area contributed by atoms with Gasteiger partial charge in [0.25, 0.3) is 0 Å². The van der Waals surface area contributed by atoms with Crippen molar-refractivity contribution in [3.8, 4) is 0 Å². The van der Waals surface area contributed by atoms with Crippen molar-refractivity contribution < 1.29 is 9.90 Å². The highest BCUT2D eigenvalue weighted by molar-refractivity contribution is 5.85. The van der Waals surface area contributed by atoms with Gasteiger partial charge in [-0.05, 0) is 12.5 Å². The van der Waals surface area contributed by atoms with Gasteiger partial charge < -0.3 is 10.8 Å². The molecule has 1 aromatic rings. The van der Waals surface area contributed by atoms with E-state index in [4.69, 9.17) is 5.73 Å². The number of carbonyl (C=O) groups excluding carboxylic acids is 1. The van der Waals surface area contributed by atoms with Gasteiger partial charge in [-0.2, -0.15) is 0 Å². The molecule has 82 valence electrons. The maximum atomic E-state index is 11.5. The molecule has 4 nitrogen and oxygen atoms in total. The summed E-state index contributed by atoms with van der Waals surface area (Å²) in [4.78, 5) is 15.4. The van der Waals surface area contributed by atoms with Crippen LogP contribution in [0.2, 0.25) is 0 Å². The van der Waals surface area contributed by atoms with E-state index < -0.39 is 6.10 Å². The van der Waals surface area contributed by atoms with Gasteiger partial charge in [0.05, 0.1) is 0 Å². The van der Waals surface area contributed by atoms with E-state index in [0.717, 1.165) is 6.42 Å². The monoisotopic (exact) mass is 208 g/mol. The lowest BCUT2D eigenvalue weighted by Crippen LogP contribution is -2.22. The molecule has 1 aromatic heterocycles. The third-order valence-corrected chi connectivity index (χ3v) is 2.24. The van der Waals surface area contributed by atoms with E-state index >= 15 is 0 Å². The predicted octanol–water partition coefficient (Wildman–Crippen LogP) is 0.936. The predicted molar refractivity (Wildman–Crippen MR) is 58.3 cm³/mol. The van der Waals surface area contributed by atoms with Crippen LogP contribution in [0.15, 0.2) is 18.5 Å². The number of ketones is 1. The number of nitrogens with zero attached hydrogens (tertiary/aromatic N) is 1. The van der Waals surface area contributed by atoms with Crippen molar-refractivity contribution in [2.45, 2.75) is 32.3 Å². The Labute approximate surface area is 89.1 Å². The summed E-state index contributed by atoms with van der Waals surface area (Å²) in [6.45, 7) is 1.93. The first-order valence-electron chi connectivity index (χ1n) is 5.04. The second-order valence-corrected chi connectivity index (χ2v) is 3.52. The molecule has 0 aliphatic heterocycles. The Morgan fingerprint density at radius 3 is 3.00 bits per heavy atom. The Morgan fingerprint density at radius 1 is 1.67 bits per heavy atom. The number of anilines is 1. The summed E-state index contributed by atoms with van der Waals surface area (Å²) < 4.78 is 0. The molecule has 0 fully saturated rings. The number of aliphatic hydroxyl groups is 1. The molecule has 4 heteroatoms. The highest BCUT2D eigenvalue weighted by Crippen LogP contribution is 2.11. The topological polar surface area (TPSA) is 76.2 Å². The molecule has 0 bridgehead atoms. The molecule has 0 aromatic carbocycles. The maximum Gasteiger partial charge on any atom is 0.165 e. The minimum Gasteiger partial charge on any atom is -0.398 e. The fourth-order valence-electron chi connectivity index (χ4n) is 1.33. The molecule has 1 rings (SSSR count). The van der Waals surface area contributed by atoms with Crippen molar-refractivity contribution in [2.75, 3.05) is 5.73 Å². The lowest BCUT2D eigenvalue weighted by Gasteiger charge is -2.08. The average molecular weight is 208 g/mol. The van der Waals surface area contributed by atoms with Crippen molar-refractivity contribution in [3.05, 3.63) is 24.0 Å². The summed E-state index contributed by atoms with van der Waals surface area (Å²) in [6.07, 6.45) is 3.70. The molecule has 1 unspecified atom stereocenters. The van der Waals surface area contributed by atoms with Crippen molar-refractivity contribution in [1.29, 1.82) is 0 Å². The number of nitrogens with two attached hydrogens (primary N) is 1. The highest BCUT2D eigenvalue weighted by atomic mass is 16.3. The Hall–Kier alpha value is -1.42. The number of Topliss-reactive ketones (excluding diaryl/α,β-unsaturated/α-hetero) is 1. The number of hydrogen-bond acceptors (Lipinski definition) is 4. The summed E-state index contributed by atoms with van der Waals surface area (Å²) in [5, 5.41) is 9.46. The van der Waals surface area contributed by atoms with E-state index in [1.54, 1.807) is 18.5 Å². The first-order valence-corrected chi connectivity index (χ1v) is 5.04. The lowest BCUT2D eigenvalue weighted by atomic mass is 10.0. The third-order valence-electron chi connectivity index (χ3n) is 2.24. The van der Waals surface area contributed by atoms with Crippen LogP contribution in [-0.4, -0.2) is 22.0 Å². The standard InChI is InChI=1S/C11H16N2O2/c1-2-3-10(14)11(15)6-8-7-13-5-4-9(8)12/h4-5,7,10,14H,2-3,6H2,1H3,(H2,12,13). The summed E-state index contributed by atoms with van der Waals surface area (Å²) >= 11 is 0. The molecule has 0 spiro atoms. The van der Waals surface area contributed by atoms with E-state index in [2.05, 4.69) is 4.98 Å². The second kappa shape index (κ2) is 5.46. The summed E-state index contributed by atoms with van der Waals surface area (Å²) in [6, 6.07) is 1.65. The van der Waals surface area contributed by atoms with Crippen molar-refractivity contribution in [2.24, 2.45) is 0 Å². The fourth-order valence-corrected chi connectivity index (χ4v) is 1.33. The molecular weight excluding hydrogens is 192 g/mol. The molecule has 0 saturated carbocycles. The van der Waals surface area contributed by atoms with Gasteiger partial charge in [0.1, 0.15) is 6.10 Å². The Kier molecular flexibility index (Phi) is 4.24. The highest BCUT2D eigenvalue weighted by Gasteiger charge is 2.15. The first-order chi connectivity index (χ1) is 7.15. The minimum absolute atomic E-state index is 0.154. The Morgan fingerprint density at radius 2 is 2.40 bits per heavy atom. The normalized spacial score (nSPS) is 12.4. The first kappa shape index (κ1) is 11.7. The maximum absolute atomic E-state index is 11.5. The van der Waals surface area contributed by atoms with Gasteiger partial charge in [-0.15, -0.1) is 0 Å². The molecule has 15 heavy (non-hydrogen) atoms. The number of carbonyl (C=O) groups is 1. The molecular formula is C11H16N2O2. The molecule has 0 aliphatic carbocycles. The molecule has 1 atom stereocenters. The van der Waals surface area contributed by atoms with Crippen LogP contribution >= 0.6 is 0 Å². The number of rotatable bonds is 5. The van der Waals surface area contributed by atoms with Crippen molar-refractivity contribution in [3.63, 3.8) is 0 Å². The zero-order chi connectivity index (χ0) is 11.3. The average Bonchev–Trinajstić information content (AvgIpc) is 2.21. The van der Waals surface area contributed by atoms with Gasteiger partial charge in [-0.3, -0.25) is 9.78 Å². The van der Waals surface area contributed by atoms with Crippen molar-refractivity contribution >= 4 is 11.5 Å². The van der Waals surface area contributed by atoms with Crippen LogP contribution in [0.25, 0.3) is 0 Å². The Bertz CT molecular complexity index is 339. The van der Waals surface area contributed by atoms with Crippen LogP contribution in [0.1, 0.15) is 25.3 Å². The quantitative estimate of drug-likeness (QED) is 0.755. The third kappa shape index (κ3) is 3.32. The van der Waals surface area contributed by atoms with Crippen LogP contribution < -0.4 is 5.73 Å². The summed E-state index contributed by atoms with van der Waals surface area (Å²) in [7, 11) is 0. The van der Waals surface area contributed by atoms with E-state index in [9.17, 15) is 9.90 Å². The van der Waals surface area contributed by atoms with E-state index in [1.165, 1.54) is 0 Å². The summed E-state index contributed by atoms with van der Waals surface area (Å²) in [5.74, 6) is -0.198. The largest absolute Gasteiger partial charge is 0.398 e. The van der Waals surface area contributed by atoms with Crippen LogP contribution in [-0.2, 0) is 11.2 Å². The van der Waals surface area contributed by atoms with Gasteiger partial charge >= 0.3 is 0 Å². The van der Waals surface area contributed by atoms with Crippen molar-refractivity contribution in [1.82, 2.24) is 4.98 Å². The zero-order valence-corrected chi connectivity index (χ0v) is 8.81. The SMILES string of the molecule is CCCC(O)C(=O)Cc1cnccc1N. The number of pyridine rings is 1.